The summed E-state index contributed by atoms with van der Waals surface area (Å²) in [5, 5.41) is 13.5. The molecule has 0 bridgehead atoms. The van der Waals surface area contributed by atoms with Gasteiger partial charge in [-0.25, -0.2) is 0 Å². The van der Waals surface area contributed by atoms with Gasteiger partial charge in [0, 0.05) is 12.1 Å². The minimum atomic E-state index is -4.55. The molecule has 2 saturated carbocycles. The molecule has 4 nitrogen and oxygen atoms in total. The number of hydrogen-bond acceptors (Lipinski definition) is 3. The molecule has 2 aliphatic carbocycles. The summed E-state index contributed by atoms with van der Waals surface area (Å²) in [6.45, 7) is 7.89. The number of carbonyl (C=O) groups is 1. The Morgan fingerprint density at radius 3 is 2.40 bits per heavy atom. The maximum Gasteiger partial charge on any atom is 0.420 e. The van der Waals surface area contributed by atoms with E-state index in [1.165, 1.54) is 6.07 Å². The number of aliphatic carboxylic acids is 1. The largest absolute Gasteiger partial charge is 0.490 e. The number of benzene rings is 2. The van der Waals surface area contributed by atoms with Crippen LogP contribution in [0.5, 0.6) is 5.75 Å². The zero-order valence-corrected chi connectivity index (χ0v) is 20.9. The molecule has 2 aliphatic rings. The monoisotopic (exact) mass is 491 g/mol. The van der Waals surface area contributed by atoms with Gasteiger partial charge >= 0.3 is 12.1 Å². The summed E-state index contributed by atoms with van der Waals surface area (Å²) in [5.74, 6) is -0.687. The molecule has 0 saturated heterocycles. The Bertz CT molecular complexity index is 1070. The van der Waals surface area contributed by atoms with E-state index in [1.54, 1.807) is 18.2 Å². The molecule has 192 valence electrons. The zero-order valence-electron chi connectivity index (χ0n) is 20.9. The molecule has 3 unspecified atom stereocenters. The first kappa shape index (κ1) is 25.8. The van der Waals surface area contributed by atoms with E-state index in [-0.39, 0.29) is 29.3 Å². The van der Waals surface area contributed by atoms with Crippen molar-refractivity contribution in [3.63, 3.8) is 0 Å². The van der Waals surface area contributed by atoms with E-state index in [2.05, 4.69) is 12.2 Å². The Morgan fingerprint density at radius 2 is 1.83 bits per heavy atom. The summed E-state index contributed by atoms with van der Waals surface area (Å²) in [5.41, 5.74) is -0.402. The maximum atomic E-state index is 14.3. The molecule has 0 amide bonds. The second kappa shape index (κ2) is 9.64. The smallest absolute Gasteiger partial charge is 0.420 e. The van der Waals surface area contributed by atoms with Gasteiger partial charge < -0.3 is 15.2 Å². The Kier molecular flexibility index (Phi) is 7.11. The van der Waals surface area contributed by atoms with E-state index >= 15 is 0 Å². The van der Waals surface area contributed by atoms with Crippen LogP contribution in [0.4, 0.5) is 13.2 Å². The SMILES string of the molecule is CC[C@H]1CC[C@@H](Oc2ccc3ccc(C(C)NC4CC(C(=O)O)C4(C)C)cc3c2C(F)(F)F)CC1. The lowest BCUT2D eigenvalue weighted by molar-refractivity contribution is -0.155. The van der Waals surface area contributed by atoms with E-state index in [4.69, 9.17) is 4.74 Å². The van der Waals surface area contributed by atoms with Crippen LogP contribution in [-0.4, -0.2) is 23.2 Å². The van der Waals surface area contributed by atoms with Crippen LogP contribution in [0.3, 0.4) is 0 Å². The fourth-order valence-electron chi connectivity index (χ4n) is 5.84. The molecule has 0 aliphatic heterocycles. The standard InChI is InChI=1S/C28H36F3NO3/c1-5-17-6-11-20(12-7-17)35-23-13-10-18-8-9-19(14-21(18)25(23)28(29,30)31)16(2)32-24-15-22(26(33)34)27(24,3)4/h8-10,13-14,16-17,20,22,24,32H,5-7,11-12,15H2,1-4H3,(H,33,34)/t16?,17-,20+,22?,24?. The van der Waals surface area contributed by atoms with Crippen LogP contribution >= 0.6 is 0 Å². The molecule has 2 aromatic rings. The number of ether oxygens (including phenoxy) is 1. The Labute approximate surface area is 205 Å². The van der Waals surface area contributed by atoms with E-state index in [0.29, 0.717) is 17.7 Å². The zero-order chi connectivity index (χ0) is 25.5. The van der Waals surface area contributed by atoms with Crippen molar-refractivity contribution < 1.29 is 27.8 Å². The normalized spacial score (nSPS) is 27.3. The van der Waals surface area contributed by atoms with Gasteiger partial charge in [-0.1, -0.05) is 45.4 Å². The molecule has 4 rings (SSSR count). The van der Waals surface area contributed by atoms with Crippen molar-refractivity contribution in [3.8, 4) is 5.75 Å². The summed E-state index contributed by atoms with van der Waals surface area (Å²) >= 11 is 0. The van der Waals surface area contributed by atoms with Crippen LogP contribution < -0.4 is 10.1 Å². The molecule has 3 atom stereocenters. The predicted molar refractivity (Wildman–Crippen MR) is 130 cm³/mol. The van der Waals surface area contributed by atoms with Crippen LogP contribution in [0.1, 0.15) is 83.4 Å². The number of carboxylic acid groups (broad SMARTS) is 1. The van der Waals surface area contributed by atoms with E-state index in [9.17, 15) is 23.1 Å². The molecule has 2 fully saturated rings. The highest BCUT2D eigenvalue weighted by molar-refractivity contribution is 5.89. The Hall–Kier alpha value is -2.28. The lowest BCUT2D eigenvalue weighted by Crippen LogP contribution is -2.59. The second-order valence-electron chi connectivity index (χ2n) is 11.0. The lowest BCUT2D eigenvalue weighted by atomic mass is 9.58. The van der Waals surface area contributed by atoms with Gasteiger partial charge in [-0.05, 0) is 78.8 Å². The van der Waals surface area contributed by atoms with Crippen molar-refractivity contribution >= 4 is 16.7 Å². The minimum Gasteiger partial charge on any atom is -0.490 e. The third-order valence-electron chi connectivity index (χ3n) is 8.47. The molecule has 2 aromatic carbocycles. The molecular weight excluding hydrogens is 455 g/mol. The minimum absolute atomic E-state index is 0.0238. The highest BCUT2D eigenvalue weighted by Crippen LogP contribution is 2.47. The number of halogens is 3. The van der Waals surface area contributed by atoms with Gasteiger partial charge in [0.15, 0.2) is 0 Å². The second-order valence-corrected chi connectivity index (χ2v) is 11.0. The topological polar surface area (TPSA) is 58.6 Å². The predicted octanol–water partition coefficient (Wildman–Crippen LogP) is 7.36. The van der Waals surface area contributed by atoms with Crippen molar-refractivity contribution in [2.45, 2.75) is 90.6 Å². The molecule has 0 heterocycles. The van der Waals surface area contributed by atoms with E-state index < -0.39 is 29.0 Å². The summed E-state index contributed by atoms with van der Waals surface area (Å²) in [4.78, 5) is 11.4. The maximum absolute atomic E-state index is 14.3. The van der Waals surface area contributed by atoms with Gasteiger partial charge in [0.05, 0.1) is 12.0 Å². The number of nitrogens with one attached hydrogen (secondary N) is 1. The van der Waals surface area contributed by atoms with Gasteiger partial charge in [-0.3, -0.25) is 4.79 Å². The van der Waals surface area contributed by atoms with Crippen molar-refractivity contribution in [1.82, 2.24) is 5.32 Å². The number of fused-ring (bicyclic) bond motifs is 1. The van der Waals surface area contributed by atoms with Gasteiger partial charge in [-0.2, -0.15) is 13.2 Å². The third kappa shape index (κ3) is 5.16. The Balaban J connectivity index is 1.60. The number of alkyl halides is 3. The summed E-state index contributed by atoms with van der Waals surface area (Å²) in [7, 11) is 0. The average molecular weight is 492 g/mol. The van der Waals surface area contributed by atoms with Crippen LogP contribution in [-0.2, 0) is 11.0 Å². The number of rotatable bonds is 7. The summed E-state index contributed by atoms with van der Waals surface area (Å²) in [6, 6.07) is 8.08. The molecular formula is C28H36F3NO3. The van der Waals surface area contributed by atoms with Crippen molar-refractivity contribution in [2.75, 3.05) is 0 Å². The van der Waals surface area contributed by atoms with E-state index in [0.717, 1.165) is 37.7 Å². The molecule has 0 spiro atoms. The summed E-state index contributed by atoms with van der Waals surface area (Å²) < 4.78 is 49.0. The van der Waals surface area contributed by atoms with E-state index in [1.807, 2.05) is 26.8 Å². The quantitative estimate of drug-likeness (QED) is 0.425. The van der Waals surface area contributed by atoms with Gasteiger partial charge in [-0.15, -0.1) is 0 Å². The first-order valence-electron chi connectivity index (χ1n) is 12.7. The highest BCUT2D eigenvalue weighted by atomic mass is 19.4. The molecule has 0 radical (unpaired) electrons. The third-order valence-corrected chi connectivity index (χ3v) is 8.47. The molecule has 2 N–H and O–H groups in total. The van der Waals surface area contributed by atoms with Crippen LogP contribution in [0.15, 0.2) is 30.3 Å². The fourth-order valence-corrected chi connectivity index (χ4v) is 5.84. The molecule has 35 heavy (non-hydrogen) atoms. The fraction of sp³-hybridized carbons (Fsp3) is 0.607. The van der Waals surface area contributed by atoms with Crippen molar-refractivity contribution in [2.24, 2.45) is 17.3 Å². The highest BCUT2D eigenvalue weighted by Gasteiger charge is 2.52. The average Bonchev–Trinajstić information content (AvgIpc) is 2.80. The van der Waals surface area contributed by atoms with Gasteiger partial charge in [0.25, 0.3) is 0 Å². The molecule has 0 aromatic heterocycles. The van der Waals surface area contributed by atoms with Crippen LogP contribution in [0.25, 0.3) is 10.8 Å². The van der Waals surface area contributed by atoms with Crippen LogP contribution in [0.2, 0.25) is 0 Å². The first-order chi connectivity index (χ1) is 16.4. The summed E-state index contributed by atoms with van der Waals surface area (Å²) in [6.07, 6.45) is 0.408. The first-order valence-corrected chi connectivity index (χ1v) is 12.7. The molecule has 7 heteroatoms. The van der Waals surface area contributed by atoms with Crippen molar-refractivity contribution in [3.05, 3.63) is 41.5 Å². The van der Waals surface area contributed by atoms with Gasteiger partial charge in [0.1, 0.15) is 11.3 Å². The number of carboxylic acids is 1. The Morgan fingerprint density at radius 1 is 1.17 bits per heavy atom. The van der Waals surface area contributed by atoms with Gasteiger partial charge in [0.2, 0.25) is 0 Å². The lowest BCUT2D eigenvalue weighted by Gasteiger charge is -2.51. The van der Waals surface area contributed by atoms with Crippen molar-refractivity contribution in [1.29, 1.82) is 0 Å². The number of hydrogen-bond donors (Lipinski definition) is 2. The van der Waals surface area contributed by atoms with Crippen LogP contribution in [0, 0.1) is 17.3 Å².